The Bertz CT molecular complexity index is 379. The molecule has 0 unspecified atom stereocenters. The second-order valence-electron chi connectivity index (χ2n) is 3.79. The Morgan fingerprint density at radius 2 is 2.00 bits per heavy atom. The van der Waals surface area contributed by atoms with Crippen LogP contribution in [0.1, 0.15) is 18.9 Å². The van der Waals surface area contributed by atoms with Crippen LogP contribution in [-0.4, -0.2) is 12.6 Å². The van der Waals surface area contributed by atoms with E-state index in [1.807, 2.05) is 11.2 Å². The van der Waals surface area contributed by atoms with E-state index in [1.165, 1.54) is 24.4 Å². The summed E-state index contributed by atoms with van der Waals surface area (Å²) in [5.74, 6) is 0. The summed E-state index contributed by atoms with van der Waals surface area (Å²) < 4.78 is 44.3. The van der Waals surface area contributed by atoms with Crippen LogP contribution >= 0.6 is 12.2 Å². The average Bonchev–Trinajstić information content (AvgIpc) is 2.76. The monoisotopic (exact) mass is 263 g/mol. The summed E-state index contributed by atoms with van der Waals surface area (Å²) in [7, 11) is 0. The molecule has 0 N–H and O–H groups in total. The molecule has 1 fully saturated rings. The number of hydrogen-bond donors (Lipinski definition) is 0. The van der Waals surface area contributed by atoms with Crippen molar-refractivity contribution in [2.24, 2.45) is 0 Å². The molecule has 6 heteroatoms. The molecule has 1 atom stereocenters. The summed E-state index contributed by atoms with van der Waals surface area (Å²) in [6.07, 6.45) is -3.38. The fourth-order valence-electron chi connectivity index (χ4n) is 1.63. The van der Waals surface area contributed by atoms with Gasteiger partial charge < -0.3 is 0 Å². The Balaban J connectivity index is 2.18. The predicted molar refractivity (Wildman–Crippen MR) is 61.5 cm³/mol. The summed E-state index contributed by atoms with van der Waals surface area (Å²) in [6.45, 7) is 2.62. The molecule has 1 heterocycles. The van der Waals surface area contributed by atoms with Crippen molar-refractivity contribution in [2.45, 2.75) is 25.6 Å². The molecule has 1 aromatic carbocycles. The van der Waals surface area contributed by atoms with Crippen molar-refractivity contribution < 1.29 is 17.4 Å². The van der Waals surface area contributed by atoms with Crippen molar-refractivity contribution in [1.82, 2.24) is 0 Å². The lowest BCUT2D eigenvalue weighted by atomic mass is 10.1. The summed E-state index contributed by atoms with van der Waals surface area (Å²) in [5.41, 5.74) is 0.117. The molecule has 1 saturated heterocycles. The van der Waals surface area contributed by atoms with E-state index in [0.29, 0.717) is 6.61 Å². The lowest BCUT2D eigenvalue weighted by Gasteiger charge is -2.21. The first-order valence-corrected chi connectivity index (χ1v) is 5.98. The molecule has 0 amide bonds. The highest BCUT2D eigenvalue weighted by Crippen LogP contribution is 2.35. The number of halogens is 3. The van der Waals surface area contributed by atoms with Crippen LogP contribution in [-0.2, 0) is 10.4 Å². The molecule has 2 nitrogen and oxygen atoms in total. The molecular weight excluding hydrogens is 251 g/mol. The van der Waals surface area contributed by atoms with Crippen molar-refractivity contribution >= 4 is 17.9 Å². The van der Waals surface area contributed by atoms with Crippen LogP contribution in [0.15, 0.2) is 24.3 Å². The second kappa shape index (κ2) is 4.78. The predicted octanol–water partition coefficient (Wildman–Crippen LogP) is 3.88. The minimum atomic E-state index is -4.28. The van der Waals surface area contributed by atoms with Crippen molar-refractivity contribution in [3.8, 4) is 0 Å². The first-order chi connectivity index (χ1) is 8.02. The van der Waals surface area contributed by atoms with E-state index in [1.54, 1.807) is 0 Å². The maximum atomic E-state index is 12.4. The molecule has 0 radical (unpaired) electrons. The van der Waals surface area contributed by atoms with Crippen LogP contribution in [0, 0.1) is 0 Å². The number of hydrogen-bond acceptors (Lipinski definition) is 3. The van der Waals surface area contributed by atoms with Gasteiger partial charge in [0.1, 0.15) is 12.2 Å². The minimum absolute atomic E-state index is 0.219. The first kappa shape index (κ1) is 12.6. The van der Waals surface area contributed by atoms with E-state index in [9.17, 15) is 13.2 Å². The Morgan fingerprint density at radius 1 is 1.35 bits per heavy atom. The maximum absolute atomic E-state index is 12.4. The number of nitrogens with zero attached hydrogens (tertiary/aromatic N) is 1. The van der Waals surface area contributed by atoms with Crippen molar-refractivity contribution in [2.75, 3.05) is 10.9 Å². The molecular formula is C11H12F3NOS. The largest absolute Gasteiger partial charge is 0.416 e. The number of alkyl halides is 3. The van der Waals surface area contributed by atoms with Gasteiger partial charge in [-0.15, -0.1) is 0 Å². The van der Waals surface area contributed by atoms with Crippen LogP contribution in [0.4, 0.5) is 18.9 Å². The van der Waals surface area contributed by atoms with Gasteiger partial charge in [0.15, 0.2) is 0 Å². The van der Waals surface area contributed by atoms with Gasteiger partial charge in [0, 0.05) is 5.69 Å². The first-order valence-electron chi connectivity index (χ1n) is 5.28. The van der Waals surface area contributed by atoms with E-state index < -0.39 is 11.7 Å². The lowest BCUT2D eigenvalue weighted by molar-refractivity contribution is -0.137. The molecule has 17 heavy (non-hydrogen) atoms. The highest BCUT2D eigenvalue weighted by atomic mass is 32.2. The Kier molecular flexibility index (Phi) is 3.53. The summed E-state index contributed by atoms with van der Waals surface area (Å²) in [5, 5.41) is 0. The Morgan fingerprint density at radius 3 is 2.53 bits per heavy atom. The van der Waals surface area contributed by atoms with Crippen molar-refractivity contribution in [3.05, 3.63) is 29.8 Å². The van der Waals surface area contributed by atoms with Crippen LogP contribution in [0.2, 0.25) is 0 Å². The third kappa shape index (κ3) is 2.69. The lowest BCUT2D eigenvalue weighted by Crippen LogP contribution is -2.25. The zero-order valence-corrected chi connectivity index (χ0v) is 10.0. The van der Waals surface area contributed by atoms with Crippen molar-refractivity contribution in [1.29, 1.82) is 0 Å². The highest BCUT2D eigenvalue weighted by Gasteiger charge is 2.31. The van der Waals surface area contributed by atoms with E-state index in [0.717, 1.165) is 24.2 Å². The Labute approximate surface area is 102 Å². The van der Waals surface area contributed by atoms with Crippen molar-refractivity contribution in [3.63, 3.8) is 0 Å². The van der Waals surface area contributed by atoms with Gasteiger partial charge in [-0.25, -0.2) is 0 Å². The third-order valence-electron chi connectivity index (χ3n) is 2.65. The molecule has 0 saturated carbocycles. The molecule has 1 aliphatic heterocycles. The standard InChI is InChI=1S/C11H12F3NOS/c1-2-9-7-16-17-15(9)10-5-3-8(4-6-10)11(12,13)14/h3-6,9H,2,7H2,1H3/t9-/m1/s1. The SMILES string of the molecule is CC[C@@H]1COSN1c1ccc(C(F)(F)F)cc1. The van der Waals surface area contributed by atoms with Crippen LogP contribution in [0.3, 0.4) is 0 Å². The highest BCUT2D eigenvalue weighted by molar-refractivity contribution is 7.96. The van der Waals surface area contributed by atoms with Gasteiger partial charge in [0.2, 0.25) is 0 Å². The van der Waals surface area contributed by atoms with Crippen LogP contribution in [0.5, 0.6) is 0 Å². The van der Waals surface area contributed by atoms with Gasteiger partial charge >= 0.3 is 6.18 Å². The normalized spacial score (nSPS) is 20.9. The van der Waals surface area contributed by atoms with Gasteiger partial charge in [0.05, 0.1) is 18.2 Å². The smallest absolute Gasteiger partial charge is 0.294 e. The van der Waals surface area contributed by atoms with Gasteiger partial charge in [-0.3, -0.25) is 8.49 Å². The second-order valence-corrected chi connectivity index (χ2v) is 4.57. The summed E-state index contributed by atoms with van der Waals surface area (Å²) in [6, 6.07) is 5.37. The fourth-order valence-corrected chi connectivity index (χ4v) is 2.50. The number of rotatable bonds is 2. The van der Waals surface area contributed by atoms with E-state index >= 15 is 0 Å². The molecule has 0 aliphatic carbocycles. The quantitative estimate of drug-likeness (QED) is 0.593. The number of anilines is 1. The minimum Gasteiger partial charge on any atom is -0.294 e. The molecule has 2 rings (SSSR count). The molecule has 94 valence electrons. The fraction of sp³-hybridized carbons (Fsp3) is 0.455. The zero-order valence-electron chi connectivity index (χ0n) is 9.20. The Hall–Kier alpha value is -0.880. The van der Waals surface area contributed by atoms with Gasteiger partial charge in [-0.05, 0) is 30.7 Å². The molecule has 0 spiro atoms. The van der Waals surface area contributed by atoms with Gasteiger partial charge in [-0.2, -0.15) is 13.2 Å². The molecule has 0 aromatic heterocycles. The molecule has 1 aromatic rings. The zero-order chi connectivity index (χ0) is 12.5. The molecule has 1 aliphatic rings. The number of benzene rings is 1. The summed E-state index contributed by atoms with van der Waals surface area (Å²) in [4.78, 5) is 0. The summed E-state index contributed by atoms with van der Waals surface area (Å²) >= 11 is 1.19. The third-order valence-corrected chi connectivity index (χ3v) is 3.56. The molecule has 0 bridgehead atoms. The average molecular weight is 263 g/mol. The van der Waals surface area contributed by atoms with Crippen LogP contribution < -0.4 is 4.31 Å². The van der Waals surface area contributed by atoms with Gasteiger partial charge in [-0.1, -0.05) is 6.92 Å². The van der Waals surface area contributed by atoms with E-state index in [-0.39, 0.29) is 6.04 Å². The van der Waals surface area contributed by atoms with Gasteiger partial charge in [0.25, 0.3) is 0 Å². The van der Waals surface area contributed by atoms with E-state index in [2.05, 4.69) is 0 Å². The maximum Gasteiger partial charge on any atom is 0.416 e. The topological polar surface area (TPSA) is 12.5 Å². The van der Waals surface area contributed by atoms with E-state index in [4.69, 9.17) is 4.18 Å². The van der Waals surface area contributed by atoms with Crippen LogP contribution in [0.25, 0.3) is 0 Å².